The summed E-state index contributed by atoms with van der Waals surface area (Å²) in [7, 11) is 1.72. The average molecular weight is 310 g/mol. The molecule has 0 aliphatic carbocycles. The molecule has 6 heteroatoms. The summed E-state index contributed by atoms with van der Waals surface area (Å²) in [5.41, 5.74) is 1.27. The molecule has 0 spiro atoms. The van der Waals surface area contributed by atoms with Crippen LogP contribution in [0.15, 0.2) is 33.5 Å². The van der Waals surface area contributed by atoms with Crippen molar-refractivity contribution in [1.82, 2.24) is 15.0 Å². The van der Waals surface area contributed by atoms with E-state index in [1.54, 1.807) is 24.1 Å². The molecule has 2 aromatic heterocycles. The van der Waals surface area contributed by atoms with Crippen LogP contribution in [-0.4, -0.2) is 28.0 Å². The second kappa shape index (κ2) is 5.30. The van der Waals surface area contributed by atoms with Gasteiger partial charge in [-0.3, -0.25) is 4.79 Å². The molecule has 94 valence electrons. The van der Waals surface area contributed by atoms with Crippen molar-refractivity contribution in [3.63, 3.8) is 0 Å². The van der Waals surface area contributed by atoms with E-state index in [-0.39, 0.29) is 5.91 Å². The van der Waals surface area contributed by atoms with Gasteiger partial charge in [0.15, 0.2) is 0 Å². The number of hydrogen-bond donors (Lipinski definition) is 0. The second-order valence-electron chi connectivity index (χ2n) is 3.96. The highest BCUT2D eigenvalue weighted by molar-refractivity contribution is 9.10. The van der Waals surface area contributed by atoms with Crippen LogP contribution in [0.3, 0.4) is 0 Å². The number of aromatic nitrogens is 2. The molecule has 0 saturated heterocycles. The standard InChI is InChI=1S/C12H12BrN3O2/c1-8-5-10(15-18-8)7-16(2)12(17)9-3-4-11(13)14-6-9/h3-6H,7H2,1-2H3. The Balaban J connectivity index is 2.07. The van der Waals surface area contributed by atoms with Crippen LogP contribution < -0.4 is 0 Å². The van der Waals surface area contributed by atoms with E-state index in [4.69, 9.17) is 4.52 Å². The van der Waals surface area contributed by atoms with Crippen molar-refractivity contribution in [2.75, 3.05) is 7.05 Å². The van der Waals surface area contributed by atoms with Crippen molar-refractivity contribution in [3.8, 4) is 0 Å². The smallest absolute Gasteiger partial charge is 0.255 e. The maximum Gasteiger partial charge on any atom is 0.255 e. The number of carbonyl (C=O) groups excluding carboxylic acids is 1. The predicted molar refractivity (Wildman–Crippen MR) is 69.0 cm³/mol. The van der Waals surface area contributed by atoms with E-state index in [9.17, 15) is 4.79 Å². The van der Waals surface area contributed by atoms with Crippen LogP contribution in [-0.2, 0) is 6.54 Å². The molecule has 0 bridgehead atoms. The fraction of sp³-hybridized carbons (Fsp3) is 0.250. The van der Waals surface area contributed by atoms with Gasteiger partial charge in [0.05, 0.1) is 12.1 Å². The third-order valence-electron chi connectivity index (χ3n) is 2.40. The van der Waals surface area contributed by atoms with E-state index >= 15 is 0 Å². The molecule has 5 nitrogen and oxygen atoms in total. The summed E-state index contributed by atoms with van der Waals surface area (Å²) >= 11 is 3.23. The highest BCUT2D eigenvalue weighted by atomic mass is 79.9. The summed E-state index contributed by atoms with van der Waals surface area (Å²) in [5.74, 6) is 0.631. The summed E-state index contributed by atoms with van der Waals surface area (Å²) in [6.07, 6.45) is 1.54. The maximum absolute atomic E-state index is 12.1. The number of pyridine rings is 1. The van der Waals surface area contributed by atoms with E-state index in [0.29, 0.717) is 16.7 Å². The first-order valence-corrected chi connectivity index (χ1v) is 6.15. The molecule has 0 saturated carbocycles. The normalized spacial score (nSPS) is 10.4. The van der Waals surface area contributed by atoms with Gasteiger partial charge in [-0.2, -0.15) is 0 Å². The molecule has 0 aromatic carbocycles. The fourth-order valence-electron chi connectivity index (χ4n) is 1.53. The van der Waals surface area contributed by atoms with E-state index in [1.807, 2.05) is 13.0 Å². The molecule has 0 fully saturated rings. The Morgan fingerprint density at radius 1 is 1.50 bits per heavy atom. The van der Waals surface area contributed by atoms with Crippen LogP contribution in [0.1, 0.15) is 21.8 Å². The molecule has 0 atom stereocenters. The lowest BCUT2D eigenvalue weighted by molar-refractivity contribution is 0.0781. The van der Waals surface area contributed by atoms with Crippen LogP contribution in [0.4, 0.5) is 0 Å². The minimum Gasteiger partial charge on any atom is -0.361 e. The van der Waals surface area contributed by atoms with E-state index < -0.39 is 0 Å². The van der Waals surface area contributed by atoms with Crippen molar-refractivity contribution >= 4 is 21.8 Å². The summed E-state index contributed by atoms with van der Waals surface area (Å²) in [6, 6.07) is 5.27. The van der Waals surface area contributed by atoms with Crippen molar-refractivity contribution < 1.29 is 9.32 Å². The van der Waals surface area contributed by atoms with Crippen LogP contribution in [0.2, 0.25) is 0 Å². The molecule has 2 heterocycles. The molecule has 0 aliphatic rings. The first kappa shape index (κ1) is 12.8. The molecule has 0 radical (unpaired) electrons. The topological polar surface area (TPSA) is 59.2 Å². The zero-order valence-corrected chi connectivity index (χ0v) is 11.6. The quantitative estimate of drug-likeness (QED) is 0.817. The van der Waals surface area contributed by atoms with Crippen molar-refractivity contribution in [3.05, 3.63) is 46.0 Å². The van der Waals surface area contributed by atoms with Crippen molar-refractivity contribution in [2.24, 2.45) is 0 Å². The SMILES string of the molecule is Cc1cc(CN(C)C(=O)c2ccc(Br)nc2)no1. The largest absolute Gasteiger partial charge is 0.361 e. The zero-order chi connectivity index (χ0) is 13.1. The summed E-state index contributed by atoms with van der Waals surface area (Å²) in [5, 5.41) is 3.85. The number of hydrogen-bond acceptors (Lipinski definition) is 4. The van der Waals surface area contributed by atoms with E-state index in [1.165, 1.54) is 6.20 Å². The van der Waals surface area contributed by atoms with Gasteiger partial charge in [-0.15, -0.1) is 0 Å². The third-order valence-corrected chi connectivity index (χ3v) is 2.87. The Morgan fingerprint density at radius 3 is 2.83 bits per heavy atom. The minimum absolute atomic E-state index is 0.101. The molecule has 2 rings (SSSR count). The fourth-order valence-corrected chi connectivity index (χ4v) is 1.76. The molecule has 0 N–H and O–H groups in total. The number of carbonyl (C=O) groups is 1. The Labute approximate surface area is 113 Å². The van der Waals surface area contributed by atoms with Gasteiger partial charge in [-0.05, 0) is 35.0 Å². The number of amides is 1. The monoisotopic (exact) mass is 309 g/mol. The van der Waals surface area contributed by atoms with Gasteiger partial charge in [-0.25, -0.2) is 4.98 Å². The molecule has 1 amide bonds. The Kier molecular flexibility index (Phi) is 3.76. The maximum atomic E-state index is 12.1. The van der Waals surface area contributed by atoms with Gasteiger partial charge in [-0.1, -0.05) is 5.16 Å². The van der Waals surface area contributed by atoms with Gasteiger partial charge >= 0.3 is 0 Å². The molecule has 18 heavy (non-hydrogen) atoms. The number of aryl methyl sites for hydroxylation is 1. The second-order valence-corrected chi connectivity index (χ2v) is 4.77. The van der Waals surface area contributed by atoms with Gasteiger partial charge in [0.2, 0.25) is 0 Å². The molecular formula is C12H12BrN3O2. The van der Waals surface area contributed by atoms with Gasteiger partial charge in [0, 0.05) is 19.3 Å². The van der Waals surface area contributed by atoms with Crippen LogP contribution in [0.5, 0.6) is 0 Å². The van der Waals surface area contributed by atoms with Crippen LogP contribution in [0, 0.1) is 6.92 Å². The van der Waals surface area contributed by atoms with E-state index in [2.05, 4.69) is 26.1 Å². The molecular weight excluding hydrogens is 298 g/mol. The Bertz CT molecular complexity index is 551. The Hall–Kier alpha value is -1.69. The number of halogens is 1. The molecule has 0 aliphatic heterocycles. The minimum atomic E-state index is -0.101. The average Bonchev–Trinajstić information content (AvgIpc) is 2.75. The zero-order valence-electron chi connectivity index (χ0n) is 10.1. The molecule has 0 unspecified atom stereocenters. The lowest BCUT2D eigenvalue weighted by Gasteiger charge is -2.15. The number of nitrogens with zero attached hydrogens (tertiary/aromatic N) is 3. The van der Waals surface area contributed by atoms with Crippen molar-refractivity contribution in [1.29, 1.82) is 0 Å². The molecule has 2 aromatic rings. The first-order valence-electron chi connectivity index (χ1n) is 5.35. The predicted octanol–water partition coefficient (Wildman–Crippen LogP) is 2.41. The highest BCUT2D eigenvalue weighted by Crippen LogP contribution is 2.10. The lowest BCUT2D eigenvalue weighted by Crippen LogP contribution is -2.26. The summed E-state index contributed by atoms with van der Waals surface area (Å²) < 4.78 is 5.66. The number of rotatable bonds is 3. The van der Waals surface area contributed by atoms with E-state index in [0.717, 1.165) is 11.5 Å². The van der Waals surface area contributed by atoms with Crippen LogP contribution in [0.25, 0.3) is 0 Å². The van der Waals surface area contributed by atoms with Gasteiger partial charge in [0.25, 0.3) is 5.91 Å². The highest BCUT2D eigenvalue weighted by Gasteiger charge is 2.14. The third kappa shape index (κ3) is 2.95. The van der Waals surface area contributed by atoms with Gasteiger partial charge < -0.3 is 9.42 Å². The summed E-state index contributed by atoms with van der Waals surface area (Å²) in [6.45, 7) is 2.23. The van der Waals surface area contributed by atoms with Crippen LogP contribution >= 0.6 is 15.9 Å². The summed E-state index contributed by atoms with van der Waals surface area (Å²) in [4.78, 5) is 17.7. The Morgan fingerprint density at radius 2 is 2.28 bits per heavy atom. The van der Waals surface area contributed by atoms with Gasteiger partial charge in [0.1, 0.15) is 16.1 Å². The lowest BCUT2D eigenvalue weighted by atomic mass is 10.2. The first-order chi connectivity index (χ1) is 8.56. The van der Waals surface area contributed by atoms with Crippen molar-refractivity contribution in [2.45, 2.75) is 13.5 Å².